The SMILES string of the molecule is COc1ccc(SC)c2c1C[C@@](N)(C#N)CC2. The van der Waals surface area contributed by atoms with Crippen molar-refractivity contribution in [3.8, 4) is 11.8 Å². The van der Waals surface area contributed by atoms with Gasteiger partial charge in [-0.3, -0.25) is 0 Å². The normalized spacial score (nSPS) is 22.7. The van der Waals surface area contributed by atoms with Crippen LogP contribution < -0.4 is 10.5 Å². The zero-order chi connectivity index (χ0) is 12.5. The van der Waals surface area contributed by atoms with Gasteiger partial charge in [-0.2, -0.15) is 5.26 Å². The molecule has 3 nitrogen and oxygen atoms in total. The van der Waals surface area contributed by atoms with Gasteiger partial charge in [0, 0.05) is 16.9 Å². The monoisotopic (exact) mass is 248 g/mol. The molecule has 0 fully saturated rings. The van der Waals surface area contributed by atoms with Crippen LogP contribution in [0.15, 0.2) is 17.0 Å². The molecule has 90 valence electrons. The maximum atomic E-state index is 9.14. The lowest BCUT2D eigenvalue weighted by molar-refractivity contribution is 0.391. The van der Waals surface area contributed by atoms with Gasteiger partial charge >= 0.3 is 0 Å². The summed E-state index contributed by atoms with van der Waals surface area (Å²) in [7, 11) is 1.66. The molecule has 1 aromatic carbocycles. The molecular weight excluding hydrogens is 232 g/mol. The van der Waals surface area contributed by atoms with Gasteiger partial charge in [-0.15, -0.1) is 11.8 Å². The highest BCUT2D eigenvalue weighted by Gasteiger charge is 2.33. The predicted molar refractivity (Wildman–Crippen MR) is 69.3 cm³/mol. The van der Waals surface area contributed by atoms with Crippen LogP contribution in [0, 0.1) is 11.3 Å². The average Bonchev–Trinajstić information content (AvgIpc) is 2.37. The fourth-order valence-corrected chi connectivity index (χ4v) is 3.02. The third-order valence-electron chi connectivity index (χ3n) is 3.32. The molecule has 0 aliphatic heterocycles. The number of methoxy groups -OCH3 is 1. The number of nitrogens with zero attached hydrogens (tertiary/aromatic N) is 1. The van der Waals surface area contributed by atoms with E-state index in [-0.39, 0.29) is 0 Å². The van der Waals surface area contributed by atoms with Crippen molar-refractivity contribution in [1.82, 2.24) is 0 Å². The minimum atomic E-state index is -0.739. The molecule has 0 saturated carbocycles. The van der Waals surface area contributed by atoms with E-state index in [1.54, 1.807) is 18.9 Å². The molecule has 1 aliphatic carbocycles. The molecule has 1 aromatic rings. The number of ether oxygens (including phenoxy) is 1. The summed E-state index contributed by atoms with van der Waals surface area (Å²) in [5.41, 5.74) is 7.73. The third-order valence-corrected chi connectivity index (χ3v) is 4.14. The Balaban J connectivity index is 2.52. The number of thioether (sulfide) groups is 1. The van der Waals surface area contributed by atoms with Crippen molar-refractivity contribution in [2.24, 2.45) is 5.73 Å². The highest BCUT2D eigenvalue weighted by atomic mass is 32.2. The number of nitriles is 1. The first kappa shape index (κ1) is 12.3. The largest absolute Gasteiger partial charge is 0.496 e. The number of fused-ring (bicyclic) bond motifs is 1. The van der Waals surface area contributed by atoms with Crippen LogP contribution in [0.1, 0.15) is 17.5 Å². The molecule has 0 saturated heterocycles. The van der Waals surface area contributed by atoms with Crippen LogP contribution in [-0.4, -0.2) is 18.9 Å². The van der Waals surface area contributed by atoms with E-state index < -0.39 is 5.54 Å². The van der Waals surface area contributed by atoms with Gasteiger partial charge in [0.25, 0.3) is 0 Å². The van der Waals surface area contributed by atoms with E-state index in [4.69, 9.17) is 15.7 Å². The zero-order valence-corrected chi connectivity index (χ0v) is 10.9. The molecule has 0 spiro atoms. The van der Waals surface area contributed by atoms with Gasteiger partial charge in [0.05, 0.1) is 13.2 Å². The minimum absolute atomic E-state index is 0.580. The first-order chi connectivity index (χ1) is 8.13. The molecule has 17 heavy (non-hydrogen) atoms. The topological polar surface area (TPSA) is 59.0 Å². The predicted octanol–water partition coefficient (Wildman–Crippen LogP) is 2.13. The molecule has 0 radical (unpaired) electrons. The van der Waals surface area contributed by atoms with Crippen LogP contribution in [0.3, 0.4) is 0 Å². The highest BCUT2D eigenvalue weighted by Crippen LogP contribution is 2.38. The highest BCUT2D eigenvalue weighted by molar-refractivity contribution is 7.98. The number of rotatable bonds is 2. The van der Waals surface area contributed by atoms with Gasteiger partial charge < -0.3 is 10.5 Å². The number of hydrogen-bond acceptors (Lipinski definition) is 4. The van der Waals surface area contributed by atoms with Crippen LogP contribution in [0.2, 0.25) is 0 Å². The molecule has 2 rings (SSSR count). The smallest absolute Gasteiger partial charge is 0.122 e. The van der Waals surface area contributed by atoms with E-state index in [0.29, 0.717) is 6.42 Å². The van der Waals surface area contributed by atoms with Gasteiger partial charge in [0.15, 0.2) is 0 Å². The summed E-state index contributed by atoms with van der Waals surface area (Å²) in [6.45, 7) is 0. The maximum Gasteiger partial charge on any atom is 0.122 e. The summed E-state index contributed by atoms with van der Waals surface area (Å²) >= 11 is 1.73. The van der Waals surface area contributed by atoms with Crippen molar-refractivity contribution in [3.05, 3.63) is 23.3 Å². The average molecular weight is 248 g/mol. The van der Waals surface area contributed by atoms with Gasteiger partial charge in [-0.1, -0.05) is 0 Å². The lowest BCUT2D eigenvalue weighted by Gasteiger charge is -2.30. The van der Waals surface area contributed by atoms with Crippen molar-refractivity contribution in [2.75, 3.05) is 13.4 Å². The van der Waals surface area contributed by atoms with Crippen LogP contribution in [0.4, 0.5) is 0 Å². The number of benzene rings is 1. The first-order valence-corrected chi connectivity index (χ1v) is 6.79. The minimum Gasteiger partial charge on any atom is -0.496 e. The summed E-state index contributed by atoms with van der Waals surface area (Å²) in [5.74, 6) is 0.850. The van der Waals surface area contributed by atoms with Crippen molar-refractivity contribution in [2.45, 2.75) is 29.7 Å². The third kappa shape index (κ3) is 2.13. The Morgan fingerprint density at radius 1 is 1.47 bits per heavy atom. The van der Waals surface area contributed by atoms with Gasteiger partial charge in [-0.25, -0.2) is 0 Å². The Hall–Kier alpha value is -1.18. The Labute approximate surface area is 106 Å². The van der Waals surface area contributed by atoms with Crippen LogP contribution in [0.25, 0.3) is 0 Å². The summed E-state index contributed by atoms with van der Waals surface area (Å²) in [6, 6.07) is 6.27. The van der Waals surface area contributed by atoms with E-state index in [1.165, 1.54) is 10.5 Å². The van der Waals surface area contributed by atoms with E-state index in [0.717, 1.165) is 24.2 Å². The molecule has 1 aliphatic rings. The van der Waals surface area contributed by atoms with E-state index in [1.807, 2.05) is 6.07 Å². The molecule has 0 heterocycles. The van der Waals surface area contributed by atoms with E-state index >= 15 is 0 Å². The van der Waals surface area contributed by atoms with E-state index in [2.05, 4.69) is 18.4 Å². The maximum absolute atomic E-state index is 9.14. The number of nitrogens with two attached hydrogens (primary N) is 1. The molecule has 4 heteroatoms. The first-order valence-electron chi connectivity index (χ1n) is 5.56. The lowest BCUT2D eigenvalue weighted by atomic mass is 9.79. The standard InChI is InChI=1S/C13H16N2OS/c1-16-11-3-4-12(17-2)9-5-6-13(15,8-14)7-10(9)11/h3-4H,5-7,15H2,1-2H3/t13-/m1/s1. The quantitative estimate of drug-likeness (QED) is 0.814. The molecule has 2 N–H and O–H groups in total. The summed E-state index contributed by atoms with van der Waals surface area (Å²) in [5, 5.41) is 9.14. The number of hydrogen-bond donors (Lipinski definition) is 1. The van der Waals surface area contributed by atoms with Crippen molar-refractivity contribution in [3.63, 3.8) is 0 Å². The Bertz CT molecular complexity index is 481. The molecule has 0 aromatic heterocycles. The molecule has 0 amide bonds. The second-order valence-corrected chi connectivity index (χ2v) is 5.22. The second kappa shape index (κ2) is 4.59. The van der Waals surface area contributed by atoms with Crippen molar-refractivity contribution >= 4 is 11.8 Å². The van der Waals surface area contributed by atoms with Crippen molar-refractivity contribution in [1.29, 1.82) is 5.26 Å². The Morgan fingerprint density at radius 3 is 2.82 bits per heavy atom. The second-order valence-electron chi connectivity index (χ2n) is 4.37. The summed E-state index contributed by atoms with van der Waals surface area (Å²) in [4.78, 5) is 1.26. The fraction of sp³-hybridized carbons (Fsp3) is 0.462. The van der Waals surface area contributed by atoms with E-state index in [9.17, 15) is 0 Å². The Kier molecular flexibility index (Phi) is 3.32. The molecule has 0 bridgehead atoms. The van der Waals surface area contributed by atoms with Crippen molar-refractivity contribution < 1.29 is 4.74 Å². The van der Waals surface area contributed by atoms with Gasteiger partial charge in [0.2, 0.25) is 0 Å². The van der Waals surface area contributed by atoms with Crippen LogP contribution >= 0.6 is 11.8 Å². The molecule has 0 unspecified atom stereocenters. The van der Waals surface area contributed by atoms with Crippen LogP contribution in [0.5, 0.6) is 5.75 Å². The Morgan fingerprint density at radius 2 is 2.24 bits per heavy atom. The fourth-order valence-electron chi connectivity index (χ4n) is 2.35. The summed E-state index contributed by atoms with van der Waals surface area (Å²) in [6.07, 6.45) is 4.22. The van der Waals surface area contributed by atoms with Crippen LogP contribution in [-0.2, 0) is 12.8 Å². The van der Waals surface area contributed by atoms with Gasteiger partial charge in [0.1, 0.15) is 11.3 Å². The summed E-state index contributed by atoms with van der Waals surface area (Å²) < 4.78 is 5.38. The van der Waals surface area contributed by atoms with Gasteiger partial charge in [-0.05, 0) is 36.8 Å². The molecular formula is C13H16N2OS. The lowest BCUT2D eigenvalue weighted by Crippen LogP contribution is -2.43. The molecule has 1 atom stereocenters. The zero-order valence-electron chi connectivity index (χ0n) is 10.1.